The number of nitrogens with one attached hydrogen (secondary N) is 1. The van der Waals surface area contributed by atoms with Crippen LogP contribution >= 0.6 is 0 Å². The van der Waals surface area contributed by atoms with Crippen LogP contribution < -0.4 is 11.1 Å². The smallest absolute Gasteiger partial charge is 0.221 e. The molecular weight excluding hydrogens is 240 g/mol. The lowest BCUT2D eigenvalue weighted by Gasteiger charge is -2.43. The van der Waals surface area contributed by atoms with Crippen molar-refractivity contribution in [1.82, 2.24) is 15.1 Å². The zero-order chi connectivity index (χ0) is 13.9. The number of hydrogen-bond donors (Lipinski definition) is 2. The predicted molar refractivity (Wildman–Crippen MR) is 76.9 cm³/mol. The second-order valence-corrected chi connectivity index (χ2v) is 6.44. The summed E-state index contributed by atoms with van der Waals surface area (Å²) in [6, 6.07) is 0.481. The molecule has 2 aliphatic rings. The Morgan fingerprint density at radius 1 is 1.26 bits per heavy atom. The summed E-state index contributed by atoms with van der Waals surface area (Å²) in [4.78, 5) is 16.5. The number of nitrogens with two attached hydrogens (primary N) is 1. The van der Waals surface area contributed by atoms with Gasteiger partial charge < -0.3 is 16.0 Å². The summed E-state index contributed by atoms with van der Waals surface area (Å²) in [7, 11) is 0. The number of nitrogens with zero attached hydrogens (tertiary/aromatic N) is 2. The minimum atomic E-state index is 0.0927. The Balaban J connectivity index is 1.64. The second kappa shape index (κ2) is 6.20. The second-order valence-electron chi connectivity index (χ2n) is 6.44. The monoisotopic (exact) mass is 268 g/mol. The highest BCUT2D eigenvalue weighted by Gasteiger charge is 2.29. The van der Waals surface area contributed by atoms with Crippen LogP contribution in [0.15, 0.2) is 0 Å². The molecule has 5 heteroatoms. The maximum Gasteiger partial charge on any atom is 0.221 e. The SMILES string of the molecule is CC(C)(CN)N1CCN(CCC(=O)NC2CC2)CC1. The molecular formula is C14H28N4O. The van der Waals surface area contributed by atoms with Gasteiger partial charge in [0.15, 0.2) is 0 Å². The molecule has 0 unspecified atom stereocenters. The van der Waals surface area contributed by atoms with Crippen molar-refractivity contribution in [1.29, 1.82) is 0 Å². The van der Waals surface area contributed by atoms with E-state index >= 15 is 0 Å². The average Bonchev–Trinajstić information content (AvgIpc) is 3.21. The van der Waals surface area contributed by atoms with E-state index < -0.39 is 0 Å². The number of rotatable bonds is 6. The highest BCUT2D eigenvalue weighted by Crippen LogP contribution is 2.19. The molecule has 0 aromatic rings. The lowest BCUT2D eigenvalue weighted by molar-refractivity contribution is -0.121. The van der Waals surface area contributed by atoms with Crippen LogP contribution in [0.3, 0.4) is 0 Å². The Morgan fingerprint density at radius 3 is 2.42 bits per heavy atom. The van der Waals surface area contributed by atoms with Gasteiger partial charge in [0.1, 0.15) is 0 Å². The van der Waals surface area contributed by atoms with E-state index in [0.29, 0.717) is 19.0 Å². The van der Waals surface area contributed by atoms with Gasteiger partial charge in [0.05, 0.1) is 0 Å². The van der Waals surface area contributed by atoms with Crippen LogP contribution in [0.4, 0.5) is 0 Å². The molecule has 19 heavy (non-hydrogen) atoms. The Bertz CT molecular complexity index is 307. The third-order valence-corrected chi connectivity index (χ3v) is 4.33. The van der Waals surface area contributed by atoms with E-state index in [2.05, 4.69) is 29.0 Å². The van der Waals surface area contributed by atoms with Gasteiger partial charge in [0.2, 0.25) is 5.91 Å². The van der Waals surface area contributed by atoms with Crippen LogP contribution in [-0.2, 0) is 4.79 Å². The number of carbonyl (C=O) groups is 1. The molecule has 1 amide bonds. The Labute approximate surface area is 116 Å². The summed E-state index contributed by atoms with van der Waals surface area (Å²) in [5.74, 6) is 0.215. The van der Waals surface area contributed by atoms with E-state index in [0.717, 1.165) is 32.7 Å². The topological polar surface area (TPSA) is 61.6 Å². The molecule has 110 valence electrons. The standard InChI is InChI=1S/C14H28N4O/c1-14(2,11-15)18-9-7-17(8-10-18)6-5-13(19)16-12-3-4-12/h12H,3-11,15H2,1-2H3,(H,16,19). The van der Waals surface area contributed by atoms with Gasteiger partial charge in [-0.15, -0.1) is 0 Å². The van der Waals surface area contributed by atoms with Crippen LogP contribution in [-0.4, -0.2) is 66.6 Å². The van der Waals surface area contributed by atoms with Crippen LogP contribution in [0.25, 0.3) is 0 Å². The molecule has 0 bridgehead atoms. The highest BCUT2D eigenvalue weighted by molar-refractivity contribution is 5.76. The van der Waals surface area contributed by atoms with Gasteiger partial charge in [0.25, 0.3) is 0 Å². The van der Waals surface area contributed by atoms with Gasteiger partial charge in [-0.05, 0) is 26.7 Å². The summed E-state index contributed by atoms with van der Waals surface area (Å²) in [6.07, 6.45) is 2.97. The number of amides is 1. The Morgan fingerprint density at radius 2 is 1.89 bits per heavy atom. The van der Waals surface area contributed by atoms with E-state index in [1.165, 1.54) is 12.8 Å². The van der Waals surface area contributed by atoms with Gasteiger partial charge in [0, 0.05) is 57.3 Å². The van der Waals surface area contributed by atoms with Crippen molar-refractivity contribution in [3.05, 3.63) is 0 Å². The minimum Gasteiger partial charge on any atom is -0.353 e. The first-order chi connectivity index (χ1) is 9.01. The molecule has 0 aromatic heterocycles. The first kappa shape index (κ1) is 14.8. The number of piperazine rings is 1. The fraction of sp³-hybridized carbons (Fsp3) is 0.929. The summed E-state index contributed by atoms with van der Waals surface area (Å²) in [5, 5.41) is 3.04. The van der Waals surface area contributed by atoms with Crippen molar-refractivity contribution in [2.75, 3.05) is 39.3 Å². The quantitative estimate of drug-likeness (QED) is 0.712. The third kappa shape index (κ3) is 4.44. The molecule has 0 spiro atoms. The summed E-state index contributed by atoms with van der Waals surface area (Å²) < 4.78 is 0. The summed E-state index contributed by atoms with van der Waals surface area (Å²) in [5.41, 5.74) is 5.91. The van der Waals surface area contributed by atoms with Crippen LogP contribution in [0.1, 0.15) is 33.1 Å². The molecule has 3 N–H and O–H groups in total. The van der Waals surface area contributed by atoms with E-state index in [1.54, 1.807) is 0 Å². The maximum absolute atomic E-state index is 11.6. The maximum atomic E-state index is 11.6. The molecule has 2 rings (SSSR count). The molecule has 5 nitrogen and oxygen atoms in total. The largest absolute Gasteiger partial charge is 0.353 e. The Kier molecular flexibility index (Phi) is 4.81. The third-order valence-electron chi connectivity index (χ3n) is 4.33. The highest BCUT2D eigenvalue weighted by atomic mass is 16.1. The lowest BCUT2D eigenvalue weighted by Crippen LogP contribution is -2.57. The number of carbonyl (C=O) groups excluding carboxylic acids is 1. The van der Waals surface area contributed by atoms with Gasteiger partial charge in [-0.3, -0.25) is 9.69 Å². The van der Waals surface area contributed by atoms with E-state index in [9.17, 15) is 4.79 Å². The summed E-state index contributed by atoms with van der Waals surface area (Å²) >= 11 is 0. The molecule has 1 saturated carbocycles. The molecule has 0 aromatic carbocycles. The fourth-order valence-corrected chi connectivity index (χ4v) is 2.49. The van der Waals surface area contributed by atoms with Gasteiger partial charge >= 0.3 is 0 Å². The lowest BCUT2D eigenvalue weighted by atomic mass is 10.0. The van der Waals surface area contributed by atoms with Gasteiger partial charge in [-0.25, -0.2) is 0 Å². The zero-order valence-electron chi connectivity index (χ0n) is 12.3. The van der Waals surface area contributed by atoms with Crippen molar-refractivity contribution in [2.45, 2.75) is 44.7 Å². The van der Waals surface area contributed by atoms with Crippen LogP contribution in [0, 0.1) is 0 Å². The van der Waals surface area contributed by atoms with Crippen molar-refractivity contribution in [2.24, 2.45) is 5.73 Å². The zero-order valence-corrected chi connectivity index (χ0v) is 12.3. The van der Waals surface area contributed by atoms with Crippen molar-refractivity contribution in [3.63, 3.8) is 0 Å². The Hall–Kier alpha value is -0.650. The van der Waals surface area contributed by atoms with Crippen LogP contribution in [0.2, 0.25) is 0 Å². The van der Waals surface area contributed by atoms with E-state index in [4.69, 9.17) is 5.73 Å². The average molecular weight is 268 g/mol. The molecule has 1 aliphatic heterocycles. The van der Waals surface area contributed by atoms with Gasteiger partial charge in [-0.1, -0.05) is 0 Å². The number of hydrogen-bond acceptors (Lipinski definition) is 4. The fourth-order valence-electron chi connectivity index (χ4n) is 2.49. The molecule has 2 fully saturated rings. The van der Waals surface area contributed by atoms with Crippen LogP contribution in [0.5, 0.6) is 0 Å². The van der Waals surface area contributed by atoms with Crippen molar-refractivity contribution >= 4 is 5.91 Å². The summed E-state index contributed by atoms with van der Waals surface area (Å²) in [6.45, 7) is 10.2. The molecule has 1 saturated heterocycles. The van der Waals surface area contributed by atoms with E-state index in [1.807, 2.05) is 0 Å². The van der Waals surface area contributed by atoms with Gasteiger partial charge in [-0.2, -0.15) is 0 Å². The predicted octanol–water partition coefficient (Wildman–Crippen LogP) is 0.0100. The minimum absolute atomic E-state index is 0.0927. The molecule has 1 aliphatic carbocycles. The van der Waals surface area contributed by atoms with Crippen molar-refractivity contribution in [3.8, 4) is 0 Å². The molecule has 0 radical (unpaired) electrons. The molecule has 1 heterocycles. The first-order valence-electron chi connectivity index (χ1n) is 7.48. The normalized spacial score (nSPS) is 22.5. The first-order valence-corrected chi connectivity index (χ1v) is 7.48. The van der Waals surface area contributed by atoms with E-state index in [-0.39, 0.29) is 11.4 Å². The molecule has 0 atom stereocenters. The van der Waals surface area contributed by atoms with Crippen molar-refractivity contribution < 1.29 is 4.79 Å².